The van der Waals surface area contributed by atoms with Gasteiger partial charge in [0.15, 0.2) is 5.96 Å². The molecule has 2 fully saturated rings. The summed E-state index contributed by atoms with van der Waals surface area (Å²) in [6.45, 7) is 8.14. The number of amides is 1. The van der Waals surface area contributed by atoms with Crippen molar-refractivity contribution >= 4 is 23.2 Å². The lowest BCUT2D eigenvalue weighted by molar-refractivity contribution is -0.119. The van der Waals surface area contributed by atoms with Gasteiger partial charge in [0.25, 0.3) is 0 Å². The first-order valence-electron chi connectivity index (χ1n) is 10.1. The van der Waals surface area contributed by atoms with Gasteiger partial charge in [-0.3, -0.25) is 14.7 Å². The summed E-state index contributed by atoms with van der Waals surface area (Å²) in [7, 11) is 1.87. The maximum Gasteiger partial charge on any atom is 0.220 e. The Morgan fingerprint density at radius 1 is 1.48 bits per heavy atom. The number of likely N-dealkylation sites (tertiary alicyclic amines) is 1. The van der Waals surface area contributed by atoms with Crippen molar-refractivity contribution in [1.82, 2.24) is 20.4 Å². The summed E-state index contributed by atoms with van der Waals surface area (Å²) in [4.78, 5) is 22.7. The highest BCUT2D eigenvalue weighted by molar-refractivity contribution is 7.10. The maximum absolute atomic E-state index is 11.7. The summed E-state index contributed by atoms with van der Waals surface area (Å²) in [6.07, 6.45) is 4.08. The van der Waals surface area contributed by atoms with Crippen LogP contribution in [-0.2, 0) is 17.8 Å². The maximum atomic E-state index is 11.7. The molecule has 4 heterocycles. The van der Waals surface area contributed by atoms with Gasteiger partial charge in [-0.05, 0) is 43.2 Å². The van der Waals surface area contributed by atoms with Crippen molar-refractivity contribution in [2.45, 2.75) is 45.2 Å². The number of rotatable bonds is 3. The second-order valence-electron chi connectivity index (χ2n) is 8.35. The van der Waals surface area contributed by atoms with Gasteiger partial charge < -0.3 is 15.5 Å². The van der Waals surface area contributed by atoms with Gasteiger partial charge in [-0.1, -0.05) is 0 Å². The van der Waals surface area contributed by atoms with Gasteiger partial charge >= 0.3 is 0 Å². The Kier molecular flexibility index (Phi) is 5.41. The van der Waals surface area contributed by atoms with E-state index in [9.17, 15) is 4.79 Å². The molecule has 0 aromatic carbocycles. The number of nitrogens with zero attached hydrogens (tertiary/aromatic N) is 3. The average Bonchev–Trinajstić information content (AvgIpc) is 3.28. The first-order valence-corrected chi connectivity index (χ1v) is 11.0. The number of piperidine rings is 1. The molecule has 3 aliphatic rings. The number of fused-ring (bicyclic) bond motifs is 1. The summed E-state index contributed by atoms with van der Waals surface area (Å²) in [6, 6.07) is 2.73. The van der Waals surface area contributed by atoms with E-state index in [-0.39, 0.29) is 11.3 Å². The number of carbonyl (C=O) groups is 1. The fourth-order valence-corrected chi connectivity index (χ4v) is 5.67. The highest BCUT2D eigenvalue weighted by atomic mass is 32.1. The molecule has 0 radical (unpaired) electrons. The molecule has 6 nitrogen and oxygen atoms in total. The Balaban J connectivity index is 1.32. The second-order valence-corrected chi connectivity index (χ2v) is 9.35. The van der Waals surface area contributed by atoms with Crippen LogP contribution in [0.3, 0.4) is 0 Å². The molecule has 27 heavy (non-hydrogen) atoms. The lowest BCUT2D eigenvalue weighted by Gasteiger charge is -2.41. The van der Waals surface area contributed by atoms with Gasteiger partial charge in [0.2, 0.25) is 5.91 Å². The van der Waals surface area contributed by atoms with Crippen LogP contribution in [0.25, 0.3) is 0 Å². The normalized spacial score (nSPS) is 27.6. The van der Waals surface area contributed by atoms with E-state index in [0.717, 1.165) is 58.1 Å². The zero-order valence-electron chi connectivity index (χ0n) is 16.5. The van der Waals surface area contributed by atoms with Crippen molar-refractivity contribution in [2.24, 2.45) is 10.4 Å². The molecule has 7 heteroatoms. The molecule has 4 rings (SSSR count). The molecule has 1 spiro atoms. The summed E-state index contributed by atoms with van der Waals surface area (Å²) in [5.41, 5.74) is 1.60. The van der Waals surface area contributed by atoms with E-state index in [1.807, 2.05) is 18.4 Å². The molecule has 1 aromatic rings. The molecule has 1 aromatic heterocycles. The fourth-order valence-electron chi connectivity index (χ4n) is 4.78. The van der Waals surface area contributed by atoms with Crippen LogP contribution in [0.4, 0.5) is 0 Å². The van der Waals surface area contributed by atoms with Crippen molar-refractivity contribution in [3.8, 4) is 0 Å². The third-order valence-corrected chi connectivity index (χ3v) is 7.41. The zero-order valence-corrected chi connectivity index (χ0v) is 17.3. The molecule has 2 N–H and O–H groups in total. The van der Waals surface area contributed by atoms with Crippen LogP contribution in [0, 0.1) is 5.41 Å². The van der Waals surface area contributed by atoms with Crippen LogP contribution in [0.5, 0.6) is 0 Å². The van der Waals surface area contributed by atoms with Gasteiger partial charge in [0.1, 0.15) is 0 Å². The van der Waals surface area contributed by atoms with Crippen LogP contribution in [0.15, 0.2) is 16.4 Å². The van der Waals surface area contributed by atoms with Crippen molar-refractivity contribution in [1.29, 1.82) is 0 Å². The molecule has 0 bridgehead atoms. The largest absolute Gasteiger partial charge is 0.355 e. The predicted molar refractivity (Wildman–Crippen MR) is 110 cm³/mol. The van der Waals surface area contributed by atoms with Crippen molar-refractivity contribution in [2.75, 3.05) is 39.8 Å². The molecule has 148 valence electrons. The Hall–Kier alpha value is -1.60. The standard InChI is InChI=1S/C20H31N5OS/c1-15(24-8-4-17-16(12-24)5-9-27-17)11-22-19(21-2)25-7-3-6-20(14-25)10-18(26)23-13-20/h5,9,15H,3-4,6-8,10-14H2,1-2H3,(H,21,22)(H,23,26). The van der Waals surface area contributed by atoms with Crippen LogP contribution in [0.1, 0.15) is 36.6 Å². The highest BCUT2D eigenvalue weighted by Crippen LogP contribution is 2.36. The second kappa shape index (κ2) is 7.80. The number of thiophene rings is 1. The molecule has 3 aliphatic heterocycles. The van der Waals surface area contributed by atoms with E-state index in [4.69, 9.17) is 0 Å². The van der Waals surface area contributed by atoms with E-state index in [2.05, 4.69) is 43.8 Å². The molecule has 2 atom stereocenters. The monoisotopic (exact) mass is 389 g/mol. The van der Waals surface area contributed by atoms with Crippen LogP contribution >= 0.6 is 11.3 Å². The SMILES string of the molecule is CN=C(NCC(C)N1CCc2sccc2C1)N1CCCC2(CNC(=O)C2)C1. The van der Waals surface area contributed by atoms with Crippen molar-refractivity contribution < 1.29 is 4.79 Å². The minimum atomic E-state index is 0.0980. The van der Waals surface area contributed by atoms with Gasteiger partial charge in [0.05, 0.1) is 0 Å². The molecular formula is C20H31N5OS. The zero-order chi connectivity index (χ0) is 18.9. The van der Waals surface area contributed by atoms with Gasteiger partial charge in [-0.25, -0.2) is 0 Å². The number of guanidine groups is 1. The summed E-state index contributed by atoms with van der Waals surface area (Å²) in [5.74, 6) is 1.18. The van der Waals surface area contributed by atoms with Crippen LogP contribution in [-0.4, -0.2) is 67.5 Å². The highest BCUT2D eigenvalue weighted by Gasteiger charge is 2.42. The molecule has 2 unspecified atom stereocenters. The molecule has 2 saturated heterocycles. The quantitative estimate of drug-likeness (QED) is 0.610. The van der Waals surface area contributed by atoms with Crippen molar-refractivity contribution in [3.63, 3.8) is 0 Å². The number of hydrogen-bond acceptors (Lipinski definition) is 4. The first-order chi connectivity index (χ1) is 13.1. The number of nitrogens with one attached hydrogen (secondary N) is 2. The van der Waals surface area contributed by atoms with Crippen LogP contribution < -0.4 is 10.6 Å². The summed E-state index contributed by atoms with van der Waals surface area (Å²) < 4.78 is 0. The lowest BCUT2D eigenvalue weighted by Crippen LogP contribution is -2.53. The Bertz CT molecular complexity index is 717. The van der Waals surface area contributed by atoms with E-state index < -0.39 is 0 Å². The first kappa shape index (κ1) is 18.7. The topological polar surface area (TPSA) is 60.0 Å². The smallest absolute Gasteiger partial charge is 0.220 e. The van der Waals surface area contributed by atoms with Crippen LogP contribution in [0.2, 0.25) is 0 Å². The Morgan fingerprint density at radius 3 is 3.15 bits per heavy atom. The molecule has 1 amide bonds. The van der Waals surface area contributed by atoms with Crippen molar-refractivity contribution in [3.05, 3.63) is 21.9 Å². The number of hydrogen-bond donors (Lipinski definition) is 2. The van der Waals surface area contributed by atoms with Gasteiger partial charge in [-0.15, -0.1) is 11.3 Å². The number of carbonyl (C=O) groups excluding carboxylic acids is 1. The van der Waals surface area contributed by atoms with E-state index in [0.29, 0.717) is 12.5 Å². The Morgan fingerprint density at radius 2 is 2.37 bits per heavy atom. The third-order valence-electron chi connectivity index (χ3n) is 6.38. The minimum absolute atomic E-state index is 0.0980. The average molecular weight is 390 g/mol. The van der Waals surface area contributed by atoms with Gasteiger partial charge in [0, 0.05) is 69.1 Å². The molecule has 0 saturated carbocycles. The minimum Gasteiger partial charge on any atom is -0.355 e. The Labute approximate surface area is 166 Å². The van der Waals surface area contributed by atoms with E-state index in [1.165, 1.54) is 12.0 Å². The van der Waals surface area contributed by atoms with Gasteiger partial charge in [-0.2, -0.15) is 0 Å². The molecule has 0 aliphatic carbocycles. The summed E-state index contributed by atoms with van der Waals surface area (Å²) in [5, 5.41) is 8.84. The predicted octanol–water partition coefficient (Wildman–Crippen LogP) is 1.67. The van der Waals surface area contributed by atoms with E-state index >= 15 is 0 Å². The number of aliphatic imine (C=N–C) groups is 1. The molecular weight excluding hydrogens is 358 g/mol. The lowest BCUT2D eigenvalue weighted by atomic mass is 9.79. The third kappa shape index (κ3) is 3.99. The van der Waals surface area contributed by atoms with E-state index in [1.54, 1.807) is 4.88 Å². The fraction of sp³-hybridized carbons (Fsp3) is 0.700. The summed E-state index contributed by atoms with van der Waals surface area (Å²) >= 11 is 1.89.